The van der Waals surface area contributed by atoms with Crippen molar-refractivity contribution < 1.29 is 9.50 Å². The summed E-state index contributed by atoms with van der Waals surface area (Å²) in [5.74, 6) is -0.370. The van der Waals surface area contributed by atoms with E-state index in [4.69, 9.17) is 11.6 Å². The molecular weight excluding hydrogens is 351 g/mol. The Hall–Kier alpha value is -1.88. The summed E-state index contributed by atoms with van der Waals surface area (Å²) in [7, 11) is 2.12. The normalized spacial score (nSPS) is 16.5. The van der Waals surface area contributed by atoms with Crippen LogP contribution in [0.15, 0.2) is 42.5 Å². The van der Waals surface area contributed by atoms with Crippen molar-refractivity contribution in [3.63, 3.8) is 0 Å². The molecule has 3 aromatic rings. The van der Waals surface area contributed by atoms with Crippen molar-refractivity contribution in [1.29, 1.82) is 0 Å². The van der Waals surface area contributed by atoms with E-state index in [1.165, 1.54) is 17.3 Å². The van der Waals surface area contributed by atoms with Crippen LogP contribution in [0.3, 0.4) is 0 Å². The van der Waals surface area contributed by atoms with Crippen molar-refractivity contribution >= 4 is 22.5 Å². The highest BCUT2D eigenvalue weighted by Crippen LogP contribution is 2.33. The van der Waals surface area contributed by atoms with Gasteiger partial charge in [-0.2, -0.15) is 0 Å². The van der Waals surface area contributed by atoms with Gasteiger partial charge in [-0.25, -0.2) is 4.39 Å². The van der Waals surface area contributed by atoms with E-state index in [0.717, 1.165) is 36.8 Å². The molecule has 4 rings (SSSR count). The highest BCUT2D eigenvalue weighted by atomic mass is 35.5. The molecule has 1 aliphatic heterocycles. The molecule has 1 aromatic heterocycles. The maximum Gasteiger partial charge on any atom is 0.129 e. The molecule has 0 amide bonds. The molecule has 2 aromatic carbocycles. The molecule has 1 aliphatic rings. The van der Waals surface area contributed by atoms with E-state index in [2.05, 4.69) is 16.5 Å². The molecule has 26 heavy (non-hydrogen) atoms. The zero-order chi connectivity index (χ0) is 18.3. The van der Waals surface area contributed by atoms with Crippen LogP contribution < -0.4 is 0 Å². The minimum absolute atomic E-state index is 0.331. The highest BCUT2D eigenvalue weighted by molar-refractivity contribution is 6.31. The lowest BCUT2D eigenvalue weighted by Gasteiger charge is -2.17. The van der Waals surface area contributed by atoms with E-state index in [1.54, 1.807) is 18.2 Å². The first-order valence-electron chi connectivity index (χ1n) is 8.95. The number of hydrogen-bond acceptors (Lipinski definition) is 2. The quantitative estimate of drug-likeness (QED) is 0.746. The summed E-state index contributed by atoms with van der Waals surface area (Å²) in [6, 6.07) is 12.3. The predicted molar refractivity (Wildman–Crippen MR) is 103 cm³/mol. The number of rotatable bonds is 3. The number of benzene rings is 2. The summed E-state index contributed by atoms with van der Waals surface area (Å²) < 4.78 is 16.2. The summed E-state index contributed by atoms with van der Waals surface area (Å²) in [6.07, 6.45) is 0.959. The second-order valence-corrected chi connectivity index (χ2v) is 7.47. The summed E-state index contributed by atoms with van der Waals surface area (Å²) in [6.45, 7) is 2.29. The Morgan fingerprint density at radius 2 is 1.92 bits per heavy atom. The lowest BCUT2D eigenvalue weighted by molar-refractivity contribution is 0.152. The van der Waals surface area contributed by atoms with E-state index in [-0.39, 0.29) is 5.82 Å². The van der Waals surface area contributed by atoms with E-state index < -0.39 is 6.10 Å². The van der Waals surface area contributed by atoms with Crippen molar-refractivity contribution in [3.8, 4) is 0 Å². The lowest BCUT2D eigenvalue weighted by Crippen LogP contribution is -2.21. The van der Waals surface area contributed by atoms with E-state index in [9.17, 15) is 9.50 Å². The number of nitrogens with zero attached hydrogens (tertiary/aromatic N) is 2. The molecule has 1 N–H and O–H groups in total. The highest BCUT2D eigenvalue weighted by Gasteiger charge is 2.23. The zero-order valence-corrected chi connectivity index (χ0v) is 15.5. The van der Waals surface area contributed by atoms with Gasteiger partial charge in [0.25, 0.3) is 0 Å². The van der Waals surface area contributed by atoms with Crippen LogP contribution in [0, 0.1) is 5.82 Å². The fourth-order valence-corrected chi connectivity index (χ4v) is 4.12. The first-order valence-corrected chi connectivity index (χ1v) is 9.33. The molecule has 0 bridgehead atoms. The lowest BCUT2D eigenvalue weighted by atomic mass is 10.1. The first-order chi connectivity index (χ1) is 12.5. The molecule has 0 fully saturated rings. The first kappa shape index (κ1) is 17.5. The Morgan fingerprint density at radius 3 is 2.73 bits per heavy atom. The molecule has 0 saturated carbocycles. The van der Waals surface area contributed by atoms with Gasteiger partial charge in [-0.1, -0.05) is 29.8 Å². The van der Waals surface area contributed by atoms with Gasteiger partial charge in [0.2, 0.25) is 0 Å². The molecule has 0 spiro atoms. The number of aromatic nitrogens is 1. The topological polar surface area (TPSA) is 28.4 Å². The SMILES string of the molecule is CN1CCc2c(n(CC(O)c3ccccc3F)c3ccc(Cl)cc23)CC1. The summed E-state index contributed by atoms with van der Waals surface area (Å²) >= 11 is 6.24. The van der Waals surface area contributed by atoms with Gasteiger partial charge in [-0.15, -0.1) is 0 Å². The molecule has 136 valence electrons. The van der Waals surface area contributed by atoms with Crippen molar-refractivity contribution in [2.45, 2.75) is 25.5 Å². The summed E-state index contributed by atoms with van der Waals surface area (Å²) in [5.41, 5.74) is 3.91. The molecule has 0 aliphatic carbocycles. The second-order valence-electron chi connectivity index (χ2n) is 7.04. The minimum atomic E-state index is -0.896. The molecule has 0 radical (unpaired) electrons. The molecule has 3 nitrogen and oxygen atoms in total. The van der Waals surface area contributed by atoms with Crippen LogP contribution >= 0.6 is 11.6 Å². The number of aliphatic hydroxyl groups excluding tert-OH is 1. The fourth-order valence-electron chi connectivity index (χ4n) is 3.95. The van der Waals surface area contributed by atoms with Crippen LogP contribution in [-0.2, 0) is 19.4 Å². The monoisotopic (exact) mass is 372 g/mol. The van der Waals surface area contributed by atoms with E-state index in [1.807, 2.05) is 18.2 Å². The van der Waals surface area contributed by atoms with Crippen LogP contribution in [0.4, 0.5) is 4.39 Å². The van der Waals surface area contributed by atoms with Gasteiger partial charge < -0.3 is 14.6 Å². The molecule has 2 heterocycles. The molecule has 1 atom stereocenters. The van der Waals surface area contributed by atoms with Crippen LogP contribution in [0.25, 0.3) is 10.9 Å². The Balaban J connectivity index is 1.80. The summed E-state index contributed by atoms with van der Waals surface area (Å²) in [5, 5.41) is 12.6. The maximum absolute atomic E-state index is 14.1. The van der Waals surface area contributed by atoms with Gasteiger partial charge in [0.1, 0.15) is 5.82 Å². The Labute approximate surface area is 157 Å². The van der Waals surface area contributed by atoms with Gasteiger partial charge in [0.15, 0.2) is 0 Å². The maximum atomic E-state index is 14.1. The standard InChI is InChI=1S/C21H22ClFN2O/c1-24-10-8-15-17-12-14(22)6-7-19(17)25(20(15)9-11-24)13-21(26)16-4-2-3-5-18(16)23/h2-7,12,21,26H,8-11,13H2,1H3. The van der Waals surface area contributed by atoms with Crippen molar-refractivity contribution in [1.82, 2.24) is 9.47 Å². The van der Waals surface area contributed by atoms with E-state index >= 15 is 0 Å². The van der Waals surface area contributed by atoms with Gasteiger partial charge in [0, 0.05) is 46.7 Å². The molecule has 0 saturated heterocycles. The van der Waals surface area contributed by atoms with Crippen molar-refractivity contribution in [2.75, 3.05) is 20.1 Å². The fraction of sp³-hybridized carbons (Fsp3) is 0.333. The van der Waals surface area contributed by atoms with Gasteiger partial charge in [-0.3, -0.25) is 0 Å². The smallest absolute Gasteiger partial charge is 0.129 e. The van der Waals surface area contributed by atoms with Gasteiger partial charge >= 0.3 is 0 Å². The van der Waals surface area contributed by atoms with Crippen LogP contribution in [0.1, 0.15) is 22.9 Å². The Morgan fingerprint density at radius 1 is 1.15 bits per heavy atom. The number of aliphatic hydroxyl groups is 1. The number of halogens is 2. The second kappa shape index (κ2) is 7.03. The van der Waals surface area contributed by atoms with Gasteiger partial charge in [0.05, 0.1) is 12.6 Å². The number of hydrogen-bond donors (Lipinski definition) is 1. The Bertz CT molecular complexity index is 953. The minimum Gasteiger partial charge on any atom is -0.386 e. The largest absolute Gasteiger partial charge is 0.386 e. The van der Waals surface area contributed by atoms with Crippen LogP contribution in [0.5, 0.6) is 0 Å². The number of fused-ring (bicyclic) bond motifs is 3. The summed E-state index contributed by atoms with van der Waals surface area (Å²) in [4.78, 5) is 2.31. The van der Waals surface area contributed by atoms with Crippen LogP contribution in [-0.4, -0.2) is 34.7 Å². The number of likely N-dealkylation sites (N-methyl/N-ethyl adjacent to an activating group) is 1. The molecule has 1 unspecified atom stereocenters. The van der Waals surface area contributed by atoms with Crippen molar-refractivity contribution in [2.24, 2.45) is 0 Å². The average molecular weight is 373 g/mol. The molecular formula is C21H22ClFN2O. The Kier molecular flexibility index (Phi) is 4.74. The van der Waals surface area contributed by atoms with Crippen molar-refractivity contribution in [3.05, 3.63) is 70.1 Å². The zero-order valence-electron chi connectivity index (χ0n) is 14.8. The van der Waals surface area contributed by atoms with Gasteiger partial charge in [-0.05, 0) is 43.3 Å². The third-order valence-electron chi connectivity index (χ3n) is 5.34. The van der Waals surface area contributed by atoms with E-state index in [0.29, 0.717) is 17.1 Å². The third-order valence-corrected chi connectivity index (χ3v) is 5.58. The average Bonchev–Trinajstić information content (AvgIpc) is 2.76. The van der Waals surface area contributed by atoms with Crippen LogP contribution in [0.2, 0.25) is 5.02 Å². The third kappa shape index (κ3) is 3.13. The predicted octanol–water partition coefficient (Wildman–Crippen LogP) is 4.20. The molecule has 5 heteroatoms.